The van der Waals surface area contributed by atoms with Crippen molar-refractivity contribution in [3.63, 3.8) is 0 Å². The number of hydrogen-bond donors (Lipinski definition) is 1. The van der Waals surface area contributed by atoms with Crippen LogP contribution >= 0.6 is 11.3 Å². The van der Waals surface area contributed by atoms with E-state index in [1.54, 1.807) is 11.3 Å². The lowest BCUT2D eigenvalue weighted by molar-refractivity contribution is 0.0296. The Morgan fingerprint density at radius 1 is 1.47 bits per heavy atom. The van der Waals surface area contributed by atoms with Gasteiger partial charge in [0.2, 0.25) is 0 Å². The predicted molar refractivity (Wildman–Crippen MR) is 71.4 cm³/mol. The number of hydrogen-bond acceptors (Lipinski definition) is 4. The molecule has 0 saturated heterocycles. The summed E-state index contributed by atoms with van der Waals surface area (Å²) in [7, 11) is 0. The zero-order chi connectivity index (χ0) is 11.9. The summed E-state index contributed by atoms with van der Waals surface area (Å²) in [4.78, 5) is 5.39. The quantitative estimate of drug-likeness (QED) is 0.792. The summed E-state index contributed by atoms with van der Waals surface area (Å²) >= 11 is 1.70. The van der Waals surface area contributed by atoms with Crippen LogP contribution < -0.4 is 5.32 Å². The topological polar surface area (TPSA) is 34.1 Å². The van der Waals surface area contributed by atoms with Crippen LogP contribution in [-0.2, 0) is 4.74 Å². The van der Waals surface area contributed by atoms with Crippen LogP contribution in [0.15, 0.2) is 11.7 Å². The maximum Gasteiger partial charge on any atom is 0.0794 e. The molecule has 1 unspecified atom stereocenters. The van der Waals surface area contributed by atoms with Gasteiger partial charge < -0.3 is 10.1 Å². The van der Waals surface area contributed by atoms with Gasteiger partial charge >= 0.3 is 0 Å². The van der Waals surface area contributed by atoms with Gasteiger partial charge in [-0.15, -0.1) is 11.3 Å². The number of aromatic nitrogens is 1. The van der Waals surface area contributed by atoms with E-state index in [1.807, 2.05) is 11.7 Å². The third-order valence-electron chi connectivity index (χ3n) is 3.34. The van der Waals surface area contributed by atoms with Crippen molar-refractivity contribution < 1.29 is 4.74 Å². The second-order valence-electron chi connectivity index (χ2n) is 4.71. The Morgan fingerprint density at radius 3 is 3.00 bits per heavy atom. The van der Waals surface area contributed by atoms with Crippen molar-refractivity contribution >= 4 is 11.3 Å². The summed E-state index contributed by atoms with van der Waals surface area (Å²) in [5.41, 5.74) is 1.88. The fourth-order valence-electron chi connectivity index (χ4n) is 2.27. The van der Waals surface area contributed by atoms with Gasteiger partial charge in [0.1, 0.15) is 0 Å². The Labute approximate surface area is 108 Å². The van der Waals surface area contributed by atoms with E-state index in [4.69, 9.17) is 4.74 Å². The fourth-order valence-corrected chi connectivity index (χ4v) is 2.93. The Balaban J connectivity index is 1.56. The lowest BCUT2D eigenvalue weighted by atomic mass is 9.98. The summed E-state index contributed by atoms with van der Waals surface area (Å²) in [6, 6.07) is 0.387. The minimum atomic E-state index is 0.387. The second kappa shape index (κ2) is 7.09. The number of ether oxygens (including phenoxy) is 1. The number of rotatable bonds is 6. The lowest BCUT2D eigenvalue weighted by Crippen LogP contribution is -2.26. The van der Waals surface area contributed by atoms with Gasteiger partial charge in [-0.1, -0.05) is 19.3 Å². The molecule has 1 aromatic heterocycles. The molecule has 0 aromatic carbocycles. The molecule has 4 heteroatoms. The van der Waals surface area contributed by atoms with Crippen LogP contribution in [0.5, 0.6) is 0 Å². The molecule has 1 aromatic rings. The zero-order valence-electron chi connectivity index (χ0n) is 10.5. The largest absolute Gasteiger partial charge is 0.377 e. The van der Waals surface area contributed by atoms with Gasteiger partial charge in [0, 0.05) is 23.7 Å². The van der Waals surface area contributed by atoms with E-state index in [0.717, 1.165) is 13.2 Å². The van der Waals surface area contributed by atoms with E-state index in [1.165, 1.54) is 37.0 Å². The molecule has 1 aliphatic carbocycles. The van der Waals surface area contributed by atoms with E-state index in [-0.39, 0.29) is 0 Å². The minimum Gasteiger partial charge on any atom is -0.377 e. The first-order chi connectivity index (χ1) is 8.36. The van der Waals surface area contributed by atoms with Crippen molar-refractivity contribution in [3.05, 3.63) is 16.6 Å². The molecule has 0 radical (unpaired) electrons. The summed E-state index contributed by atoms with van der Waals surface area (Å²) in [5.74, 6) is 0. The molecule has 2 rings (SSSR count). The first-order valence-electron chi connectivity index (χ1n) is 6.59. The minimum absolute atomic E-state index is 0.387. The first kappa shape index (κ1) is 13.0. The summed E-state index contributed by atoms with van der Waals surface area (Å²) < 4.78 is 5.88. The van der Waals surface area contributed by atoms with Gasteiger partial charge in [-0.3, -0.25) is 4.98 Å². The molecule has 1 heterocycles. The average molecular weight is 254 g/mol. The van der Waals surface area contributed by atoms with Crippen LogP contribution in [0.25, 0.3) is 0 Å². The predicted octanol–water partition coefficient (Wildman–Crippen LogP) is 3.14. The van der Waals surface area contributed by atoms with E-state index in [9.17, 15) is 0 Å². The van der Waals surface area contributed by atoms with Gasteiger partial charge in [-0.2, -0.15) is 0 Å². The third-order valence-corrected chi connectivity index (χ3v) is 4.29. The Kier molecular flexibility index (Phi) is 5.42. The Morgan fingerprint density at radius 2 is 2.29 bits per heavy atom. The fraction of sp³-hybridized carbons (Fsp3) is 0.769. The zero-order valence-corrected chi connectivity index (χ0v) is 11.3. The van der Waals surface area contributed by atoms with Crippen LogP contribution in [-0.4, -0.2) is 24.2 Å². The van der Waals surface area contributed by atoms with E-state index in [2.05, 4.69) is 17.2 Å². The average Bonchev–Trinajstić information content (AvgIpc) is 2.89. The Hall–Kier alpha value is -0.450. The SMILES string of the molecule is CC(NCCOC1CCCCC1)c1cncs1. The number of nitrogens with one attached hydrogen (secondary N) is 1. The number of nitrogens with zero attached hydrogens (tertiary/aromatic N) is 1. The monoisotopic (exact) mass is 254 g/mol. The van der Waals surface area contributed by atoms with Gasteiger partial charge in [0.05, 0.1) is 18.2 Å². The van der Waals surface area contributed by atoms with Gasteiger partial charge in [0.25, 0.3) is 0 Å². The smallest absolute Gasteiger partial charge is 0.0794 e. The van der Waals surface area contributed by atoms with Crippen molar-refractivity contribution in [3.8, 4) is 0 Å². The molecule has 1 aliphatic rings. The van der Waals surface area contributed by atoms with E-state index in [0.29, 0.717) is 12.1 Å². The molecule has 0 bridgehead atoms. The molecule has 3 nitrogen and oxygen atoms in total. The van der Waals surface area contributed by atoms with Crippen LogP contribution in [0.3, 0.4) is 0 Å². The molecule has 1 atom stereocenters. The molecule has 0 spiro atoms. The molecule has 96 valence electrons. The van der Waals surface area contributed by atoms with E-state index < -0.39 is 0 Å². The van der Waals surface area contributed by atoms with Crippen molar-refractivity contribution in [1.82, 2.24) is 10.3 Å². The molecular formula is C13H22N2OS. The van der Waals surface area contributed by atoms with E-state index >= 15 is 0 Å². The normalized spacial score (nSPS) is 19.4. The van der Waals surface area contributed by atoms with Crippen LogP contribution in [0.1, 0.15) is 49.9 Å². The number of thiazole rings is 1. The Bertz CT molecular complexity index is 296. The van der Waals surface area contributed by atoms with Crippen molar-refractivity contribution in [2.75, 3.05) is 13.2 Å². The molecular weight excluding hydrogens is 232 g/mol. The third kappa shape index (κ3) is 4.37. The summed E-state index contributed by atoms with van der Waals surface area (Å²) in [5, 5.41) is 3.47. The molecule has 17 heavy (non-hydrogen) atoms. The van der Waals surface area contributed by atoms with Crippen molar-refractivity contribution in [2.24, 2.45) is 0 Å². The maximum absolute atomic E-state index is 5.88. The highest BCUT2D eigenvalue weighted by Crippen LogP contribution is 2.20. The van der Waals surface area contributed by atoms with Gasteiger partial charge in [-0.05, 0) is 19.8 Å². The summed E-state index contributed by atoms with van der Waals surface area (Å²) in [6.07, 6.45) is 9.04. The molecule has 1 saturated carbocycles. The van der Waals surface area contributed by atoms with Crippen molar-refractivity contribution in [1.29, 1.82) is 0 Å². The standard InChI is InChI=1S/C13H22N2OS/c1-11(13-9-14-10-17-13)15-7-8-16-12-5-3-2-4-6-12/h9-12,15H,2-8H2,1H3. The van der Waals surface area contributed by atoms with Crippen LogP contribution in [0.4, 0.5) is 0 Å². The summed E-state index contributed by atoms with van der Waals surface area (Å²) in [6.45, 7) is 3.93. The molecule has 1 N–H and O–H groups in total. The first-order valence-corrected chi connectivity index (χ1v) is 7.47. The lowest BCUT2D eigenvalue weighted by Gasteiger charge is -2.22. The molecule has 0 aliphatic heterocycles. The van der Waals surface area contributed by atoms with Gasteiger partial charge in [-0.25, -0.2) is 0 Å². The van der Waals surface area contributed by atoms with Crippen LogP contribution in [0, 0.1) is 0 Å². The van der Waals surface area contributed by atoms with Crippen LogP contribution in [0.2, 0.25) is 0 Å². The van der Waals surface area contributed by atoms with Crippen molar-refractivity contribution in [2.45, 2.75) is 51.2 Å². The second-order valence-corrected chi connectivity index (χ2v) is 5.63. The molecule has 1 fully saturated rings. The molecule has 0 amide bonds. The highest BCUT2D eigenvalue weighted by molar-refractivity contribution is 7.09. The maximum atomic E-state index is 5.88. The highest BCUT2D eigenvalue weighted by atomic mass is 32.1. The van der Waals surface area contributed by atoms with Gasteiger partial charge in [0.15, 0.2) is 0 Å². The highest BCUT2D eigenvalue weighted by Gasteiger charge is 2.13.